The fourth-order valence-corrected chi connectivity index (χ4v) is 4.37. The molecule has 0 aliphatic carbocycles. The molecule has 0 bridgehead atoms. The molecule has 0 aliphatic heterocycles. The van der Waals surface area contributed by atoms with E-state index in [-0.39, 0.29) is 18.9 Å². The number of hydrogen-bond donors (Lipinski definition) is 2. The van der Waals surface area contributed by atoms with Gasteiger partial charge in [-0.2, -0.15) is 5.26 Å². The number of benzene rings is 1. The third kappa shape index (κ3) is 5.95. The molecule has 0 saturated carbocycles. The number of rotatable bonds is 10. The monoisotopic (exact) mass is 491 g/mol. The highest BCUT2D eigenvalue weighted by molar-refractivity contribution is 7.18. The molecule has 2 atom stereocenters. The quantitative estimate of drug-likeness (QED) is 0.340. The molecule has 0 saturated heterocycles. The third-order valence-corrected chi connectivity index (χ3v) is 6.23. The molecule has 35 heavy (non-hydrogen) atoms. The zero-order valence-electron chi connectivity index (χ0n) is 19.3. The van der Waals surface area contributed by atoms with E-state index in [2.05, 4.69) is 31.9 Å². The number of carbonyl (C=O) groups is 1. The van der Waals surface area contributed by atoms with Gasteiger partial charge in [0.2, 0.25) is 11.8 Å². The van der Waals surface area contributed by atoms with E-state index in [1.165, 1.54) is 16.0 Å². The third-order valence-electron chi connectivity index (χ3n) is 5.17. The minimum atomic E-state index is -1.11. The summed E-state index contributed by atoms with van der Waals surface area (Å²) < 4.78 is 8.34. The number of amides is 1. The summed E-state index contributed by atoms with van der Waals surface area (Å²) in [5.74, 6) is 0.445. The number of carbonyl (C=O) groups excluding carboxylic acids is 1. The van der Waals surface area contributed by atoms with Crippen molar-refractivity contribution in [1.82, 2.24) is 35.5 Å². The first-order chi connectivity index (χ1) is 16.8. The number of hydrogen-bond acceptors (Lipinski definition) is 10. The zero-order chi connectivity index (χ0) is 24.8. The molecule has 180 valence electrons. The molecule has 0 aliphatic rings. The second-order valence-corrected chi connectivity index (χ2v) is 9.62. The lowest BCUT2D eigenvalue weighted by Gasteiger charge is -2.24. The van der Waals surface area contributed by atoms with Crippen LogP contribution in [0.4, 0.5) is 0 Å². The lowest BCUT2D eigenvalue weighted by atomic mass is 10.0. The number of pyridine rings is 1. The van der Waals surface area contributed by atoms with Crippen molar-refractivity contribution in [3.63, 3.8) is 0 Å². The molecule has 3 N–H and O–H groups in total. The number of nitrogens with two attached hydrogens (primary N) is 1. The second kappa shape index (κ2) is 10.5. The van der Waals surface area contributed by atoms with Crippen molar-refractivity contribution in [2.75, 3.05) is 6.61 Å². The molecule has 3 aromatic heterocycles. The highest BCUT2D eigenvalue weighted by Gasteiger charge is 2.31. The van der Waals surface area contributed by atoms with Crippen molar-refractivity contribution in [2.24, 2.45) is 5.73 Å². The number of nitrogens with one attached hydrogen (secondary N) is 1. The molecule has 0 unspecified atom stereocenters. The van der Waals surface area contributed by atoms with Crippen LogP contribution in [0, 0.1) is 11.3 Å². The predicted molar refractivity (Wildman–Crippen MR) is 129 cm³/mol. The standard InChI is InChI=1S/C23H25N9O2S/c1-23(2,25)22(33)28-17(13-20-27-16-7-3-4-8-18(16)35-20)21-29-30-31-32(21)15(10-11-24)14-34-19-9-5-6-12-26-19/h3-9,12,15,17H,10,13-14,25H2,1-2H3,(H,28,33)/t15-,17-/m1/s1. The van der Waals surface area contributed by atoms with Crippen LogP contribution in [-0.4, -0.2) is 48.2 Å². The highest BCUT2D eigenvalue weighted by Crippen LogP contribution is 2.27. The van der Waals surface area contributed by atoms with E-state index in [4.69, 9.17) is 15.5 Å². The number of tetrazole rings is 1. The second-order valence-electron chi connectivity index (χ2n) is 8.50. The first kappa shape index (κ1) is 24.2. The number of ether oxygens (including phenoxy) is 1. The van der Waals surface area contributed by atoms with E-state index in [1.807, 2.05) is 30.3 Å². The number of fused-ring (bicyclic) bond motifs is 1. The summed E-state index contributed by atoms with van der Waals surface area (Å²) in [4.78, 5) is 21.7. The Kier molecular flexibility index (Phi) is 7.28. The number of aromatic nitrogens is 6. The van der Waals surface area contributed by atoms with Gasteiger partial charge in [-0.15, -0.1) is 16.4 Å². The number of nitrogens with zero attached hydrogens (tertiary/aromatic N) is 7. The van der Waals surface area contributed by atoms with Crippen molar-refractivity contribution in [3.05, 3.63) is 59.5 Å². The molecule has 4 rings (SSSR count). The fourth-order valence-electron chi connectivity index (χ4n) is 3.36. The summed E-state index contributed by atoms with van der Waals surface area (Å²) >= 11 is 1.53. The van der Waals surface area contributed by atoms with Crippen LogP contribution < -0.4 is 15.8 Å². The van der Waals surface area contributed by atoms with Gasteiger partial charge in [-0.3, -0.25) is 4.79 Å². The summed E-state index contributed by atoms with van der Waals surface area (Å²) in [6.45, 7) is 3.37. The lowest BCUT2D eigenvalue weighted by molar-refractivity contribution is -0.126. The summed E-state index contributed by atoms with van der Waals surface area (Å²) in [6, 6.07) is 14.2. The van der Waals surface area contributed by atoms with Crippen LogP contribution in [0.2, 0.25) is 0 Å². The van der Waals surface area contributed by atoms with Gasteiger partial charge in [-0.05, 0) is 42.5 Å². The Morgan fingerprint density at radius 3 is 2.80 bits per heavy atom. The van der Waals surface area contributed by atoms with Crippen LogP contribution >= 0.6 is 11.3 Å². The van der Waals surface area contributed by atoms with Gasteiger partial charge in [0.1, 0.15) is 12.6 Å². The van der Waals surface area contributed by atoms with Crippen LogP contribution in [-0.2, 0) is 11.2 Å². The van der Waals surface area contributed by atoms with Gasteiger partial charge in [-0.1, -0.05) is 18.2 Å². The number of thiazole rings is 1. The van der Waals surface area contributed by atoms with Gasteiger partial charge in [0, 0.05) is 18.7 Å². The molecule has 0 radical (unpaired) electrons. The number of nitriles is 1. The first-order valence-electron chi connectivity index (χ1n) is 11.0. The molecule has 4 aromatic rings. The SMILES string of the molecule is CC(C)(N)C(=O)N[C@H](Cc1nc2ccccc2s1)c1nnnn1[C@H](CC#N)COc1ccccn1. The summed E-state index contributed by atoms with van der Waals surface area (Å²) in [6.07, 6.45) is 2.06. The summed E-state index contributed by atoms with van der Waals surface area (Å²) in [5.41, 5.74) is 5.80. The Balaban J connectivity index is 1.64. The van der Waals surface area contributed by atoms with Crippen molar-refractivity contribution in [1.29, 1.82) is 5.26 Å². The van der Waals surface area contributed by atoms with Crippen LogP contribution in [0.3, 0.4) is 0 Å². The average Bonchev–Trinajstić information content (AvgIpc) is 3.48. The summed E-state index contributed by atoms with van der Waals surface area (Å²) in [5, 5.41) is 25.4. The van der Waals surface area contributed by atoms with E-state index in [0.717, 1.165) is 15.2 Å². The molecule has 0 fully saturated rings. The van der Waals surface area contributed by atoms with E-state index < -0.39 is 17.6 Å². The molecule has 1 aromatic carbocycles. The van der Waals surface area contributed by atoms with Crippen LogP contribution in [0.1, 0.15) is 43.2 Å². The minimum absolute atomic E-state index is 0.0923. The van der Waals surface area contributed by atoms with Crippen LogP contribution in [0.25, 0.3) is 10.2 Å². The van der Waals surface area contributed by atoms with E-state index in [0.29, 0.717) is 18.1 Å². The Labute approximate surface area is 205 Å². The van der Waals surface area contributed by atoms with Crippen molar-refractivity contribution >= 4 is 27.5 Å². The maximum atomic E-state index is 12.8. The van der Waals surface area contributed by atoms with Gasteiger partial charge in [0.15, 0.2) is 5.82 Å². The van der Waals surface area contributed by atoms with Gasteiger partial charge < -0.3 is 15.8 Å². The zero-order valence-corrected chi connectivity index (χ0v) is 20.1. The van der Waals surface area contributed by atoms with E-state index in [1.54, 1.807) is 32.2 Å². The maximum Gasteiger partial charge on any atom is 0.240 e. The predicted octanol–water partition coefficient (Wildman–Crippen LogP) is 2.35. The molecule has 12 heteroatoms. The Bertz CT molecular complexity index is 1290. The van der Waals surface area contributed by atoms with Crippen molar-refractivity contribution < 1.29 is 9.53 Å². The van der Waals surface area contributed by atoms with Gasteiger partial charge in [-0.25, -0.2) is 14.6 Å². The topological polar surface area (TPSA) is 158 Å². The molecular formula is C23H25N9O2S. The largest absolute Gasteiger partial charge is 0.475 e. The Morgan fingerprint density at radius 1 is 1.29 bits per heavy atom. The normalized spacial score (nSPS) is 13.2. The Morgan fingerprint density at radius 2 is 2.09 bits per heavy atom. The van der Waals surface area contributed by atoms with Crippen LogP contribution in [0.15, 0.2) is 48.7 Å². The van der Waals surface area contributed by atoms with Crippen molar-refractivity contribution in [2.45, 2.75) is 44.3 Å². The maximum absolute atomic E-state index is 12.8. The average molecular weight is 492 g/mol. The van der Waals surface area contributed by atoms with Gasteiger partial charge in [0.05, 0.1) is 39.3 Å². The molecule has 3 heterocycles. The smallest absolute Gasteiger partial charge is 0.240 e. The fraction of sp³-hybridized carbons (Fsp3) is 0.348. The Hall–Kier alpha value is -3.95. The van der Waals surface area contributed by atoms with E-state index >= 15 is 0 Å². The van der Waals surface area contributed by atoms with Crippen molar-refractivity contribution in [3.8, 4) is 11.9 Å². The van der Waals surface area contributed by atoms with Gasteiger partial charge in [0.25, 0.3) is 0 Å². The molecule has 1 amide bonds. The summed E-state index contributed by atoms with van der Waals surface area (Å²) in [7, 11) is 0. The highest BCUT2D eigenvalue weighted by atomic mass is 32.1. The molecule has 0 spiro atoms. The molecule has 11 nitrogen and oxygen atoms in total. The van der Waals surface area contributed by atoms with Gasteiger partial charge >= 0.3 is 0 Å². The first-order valence-corrected chi connectivity index (χ1v) is 11.8. The van der Waals surface area contributed by atoms with Crippen LogP contribution in [0.5, 0.6) is 5.88 Å². The lowest BCUT2D eigenvalue weighted by Crippen LogP contribution is -2.50. The number of para-hydroxylation sites is 1. The van der Waals surface area contributed by atoms with E-state index in [9.17, 15) is 10.1 Å². The minimum Gasteiger partial charge on any atom is -0.475 e. The molecular weight excluding hydrogens is 466 g/mol.